The number of anilines is 2. The zero-order valence-electron chi connectivity index (χ0n) is 18.2. The van der Waals surface area contributed by atoms with Gasteiger partial charge in [0.15, 0.2) is 0 Å². The van der Waals surface area contributed by atoms with E-state index in [0.717, 1.165) is 4.88 Å². The summed E-state index contributed by atoms with van der Waals surface area (Å²) in [5.74, 6) is 0. The van der Waals surface area contributed by atoms with Gasteiger partial charge in [-0.05, 0) is 38.1 Å². The number of thiophene rings is 1. The summed E-state index contributed by atoms with van der Waals surface area (Å²) in [4.78, 5) is 3.85. The van der Waals surface area contributed by atoms with Crippen LogP contribution in [0.25, 0.3) is 0 Å². The van der Waals surface area contributed by atoms with Gasteiger partial charge in [0, 0.05) is 35.9 Å². The van der Waals surface area contributed by atoms with Crippen LogP contribution in [0.15, 0.2) is 34.1 Å². The van der Waals surface area contributed by atoms with E-state index in [1.807, 2.05) is 11.8 Å². The molecule has 1 fully saturated rings. The van der Waals surface area contributed by atoms with Crippen LogP contribution < -0.4 is 9.62 Å². The Morgan fingerprint density at radius 2 is 1.71 bits per heavy atom. The van der Waals surface area contributed by atoms with Crippen LogP contribution in [-0.4, -0.2) is 60.5 Å². The molecule has 1 aromatic carbocycles. The SMILES string of the molecule is CCN(CC)S(=O)(=O)c1ccc(N2CCOCC2)c(NS(=O)(=O)c2cc(C)sc2C)c1. The second-order valence-corrected chi connectivity index (χ2v) is 12.3. The maximum atomic E-state index is 13.2. The molecule has 2 aromatic rings. The van der Waals surface area contributed by atoms with Crippen LogP contribution in [0.5, 0.6) is 0 Å². The number of morpholine rings is 1. The summed E-state index contributed by atoms with van der Waals surface area (Å²) in [5, 5.41) is 0. The molecule has 1 aromatic heterocycles. The van der Waals surface area contributed by atoms with E-state index in [-0.39, 0.29) is 15.5 Å². The van der Waals surface area contributed by atoms with Crippen molar-refractivity contribution in [2.75, 3.05) is 49.0 Å². The van der Waals surface area contributed by atoms with Crippen LogP contribution in [0.2, 0.25) is 0 Å². The second-order valence-electron chi connectivity index (χ2n) is 7.25. The monoisotopic (exact) mass is 487 g/mol. The minimum Gasteiger partial charge on any atom is -0.378 e. The Hall–Kier alpha value is -1.66. The van der Waals surface area contributed by atoms with E-state index in [1.165, 1.54) is 27.8 Å². The van der Waals surface area contributed by atoms with E-state index in [9.17, 15) is 16.8 Å². The molecule has 0 spiro atoms. The molecule has 11 heteroatoms. The van der Waals surface area contributed by atoms with Crippen LogP contribution in [0.4, 0.5) is 11.4 Å². The Morgan fingerprint density at radius 1 is 1.06 bits per heavy atom. The minimum absolute atomic E-state index is 0.0594. The Morgan fingerprint density at radius 3 is 2.26 bits per heavy atom. The van der Waals surface area contributed by atoms with Gasteiger partial charge in [0.1, 0.15) is 4.90 Å². The number of ether oxygens (including phenoxy) is 1. The Labute approximate surface area is 188 Å². The lowest BCUT2D eigenvalue weighted by Gasteiger charge is -2.31. The molecule has 0 radical (unpaired) electrons. The molecular weight excluding hydrogens is 458 g/mol. The quantitative estimate of drug-likeness (QED) is 0.615. The van der Waals surface area contributed by atoms with E-state index >= 15 is 0 Å². The largest absolute Gasteiger partial charge is 0.378 e. The zero-order chi connectivity index (χ0) is 22.8. The number of aryl methyl sites for hydroxylation is 2. The molecule has 8 nitrogen and oxygen atoms in total. The molecule has 0 unspecified atom stereocenters. The van der Waals surface area contributed by atoms with Gasteiger partial charge in [-0.25, -0.2) is 16.8 Å². The molecule has 1 aliphatic rings. The van der Waals surface area contributed by atoms with Crippen molar-refractivity contribution in [1.29, 1.82) is 0 Å². The van der Waals surface area contributed by atoms with Gasteiger partial charge in [-0.3, -0.25) is 4.72 Å². The third-order valence-corrected chi connectivity index (χ3v) is 9.82. The smallest absolute Gasteiger partial charge is 0.263 e. The normalized spacial score (nSPS) is 15.5. The van der Waals surface area contributed by atoms with Crippen molar-refractivity contribution in [3.63, 3.8) is 0 Å². The number of rotatable bonds is 8. The van der Waals surface area contributed by atoms with E-state index in [2.05, 4.69) is 4.72 Å². The van der Waals surface area contributed by atoms with E-state index in [1.54, 1.807) is 32.9 Å². The van der Waals surface area contributed by atoms with Crippen LogP contribution in [-0.2, 0) is 24.8 Å². The standard InChI is InChI=1S/C20H29N3O5S3/c1-5-23(6-2)31(26,27)17-7-8-19(22-9-11-28-12-10-22)18(14-17)21-30(24,25)20-13-15(3)29-16(20)4/h7-8,13-14,21H,5-6,9-12H2,1-4H3. The van der Waals surface area contributed by atoms with Crippen molar-refractivity contribution in [1.82, 2.24) is 4.31 Å². The van der Waals surface area contributed by atoms with Gasteiger partial charge in [-0.15, -0.1) is 11.3 Å². The summed E-state index contributed by atoms with van der Waals surface area (Å²) in [5.41, 5.74) is 0.883. The maximum Gasteiger partial charge on any atom is 0.263 e. The summed E-state index contributed by atoms with van der Waals surface area (Å²) < 4.78 is 61.8. The predicted molar refractivity (Wildman–Crippen MR) is 124 cm³/mol. The van der Waals surface area contributed by atoms with E-state index < -0.39 is 20.0 Å². The molecule has 0 bridgehead atoms. The average Bonchev–Trinajstić information content (AvgIpc) is 3.08. The molecule has 0 saturated carbocycles. The first-order chi connectivity index (χ1) is 14.6. The number of hydrogen-bond donors (Lipinski definition) is 1. The van der Waals surface area contributed by atoms with Gasteiger partial charge in [0.25, 0.3) is 10.0 Å². The summed E-state index contributed by atoms with van der Waals surface area (Å²) in [6.45, 7) is 10.0. The molecule has 1 N–H and O–H groups in total. The highest BCUT2D eigenvalue weighted by Crippen LogP contribution is 2.34. The highest BCUT2D eigenvalue weighted by molar-refractivity contribution is 7.93. The van der Waals surface area contributed by atoms with Crippen molar-refractivity contribution in [3.05, 3.63) is 34.0 Å². The fraction of sp³-hybridized carbons (Fsp3) is 0.500. The first-order valence-corrected chi connectivity index (χ1v) is 13.9. The fourth-order valence-electron chi connectivity index (χ4n) is 3.62. The Bertz CT molecular complexity index is 1130. The number of benzene rings is 1. The van der Waals surface area contributed by atoms with E-state index in [4.69, 9.17) is 4.74 Å². The molecule has 1 saturated heterocycles. The number of hydrogen-bond acceptors (Lipinski definition) is 7. The first-order valence-electron chi connectivity index (χ1n) is 10.2. The van der Waals surface area contributed by atoms with Crippen molar-refractivity contribution in [2.24, 2.45) is 0 Å². The van der Waals surface area contributed by atoms with Crippen LogP contribution in [0.3, 0.4) is 0 Å². The molecular formula is C20H29N3O5S3. The van der Waals surface area contributed by atoms with Gasteiger partial charge in [-0.2, -0.15) is 4.31 Å². The first kappa shape index (κ1) is 24.0. The topological polar surface area (TPSA) is 96.0 Å². The third-order valence-electron chi connectivity index (χ3n) is 5.19. The van der Waals surface area contributed by atoms with Crippen LogP contribution in [0.1, 0.15) is 23.6 Å². The maximum absolute atomic E-state index is 13.2. The minimum atomic E-state index is -3.88. The zero-order valence-corrected chi connectivity index (χ0v) is 20.7. The molecule has 1 aliphatic heterocycles. The Balaban J connectivity index is 2.09. The predicted octanol–water partition coefficient (Wildman–Crippen LogP) is 3.03. The van der Waals surface area contributed by atoms with Gasteiger partial charge in [0.2, 0.25) is 10.0 Å². The lowest BCUT2D eigenvalue weighted by molar-refractivity contribution is 0.123. The molecule has 0 amide bonds. The van der Waals surface area contributed by atoms with Gasteiger partial charge in [-0.1, -0.05) is 13.8 Å². The molecule has 31 heavy (non-hydrogen) atoms. The van der Waals surface area contributed by atoms with Crippen molar-refractivity contribution in [3.8, 4) is 0 Å². The van der Waals surface area contributed by atoms with Crippen LogP contribution >= 0.6 is 11.3 Å². The number of sulfonamides is 2. The molecule has 2 heterocycles. The lowest BCUT2D eigenvalue weighted by atomic mass is 10.2. The number of nitrogens with one attached hydrogen (secondary N) is 1. The molecule has 0 aliphatic carbocycles. The fourth-order valence-corrected chi connectivity index (χ4v) is 7.73. The molecule has 172 valence electrons. The lowest BCUT2D eigenvalue weighted by Crippen LogP contribution is -2.37. The average molecular weight is 488 g/mol. The van der Waals surface area contributed by atoms with E-state index in [0.29, 0.717) is 50.0 Å². The highest BCUT2D eigenvalue weighted by atomic mass is 32.2. The molecule has 0 atom stereocenters. The van der Waals surface area contributed by atoms with Gasteiger partial charge in [0.05, 0.1) is 29.5 Å². The number of nitrogens with zero attached hydrogens (tertiary/aromatic N) is 2. The van der Waals surface area contributed by atoms with Crippen molar-refractivity contribution in [2.45, 2.75) is 37.5 Å². The highest BCUT2D eigenvalue weighted by Gasteiger charge is 2.27. The van der Waals surface area contributed by atoms with Crippen LogP contribution in [0, 0.1) is 13.8 Å². The summed E-state index contributed by atoms with van der Waals surface area (Å²) in [7, 11) is -7.62. The summed E-state index contributed by atoms with van der Waals surface area (Å²) in [6.07, 6.45) is 0. The summed E-state index contributed by atoms with van der Waals surface area (Å²) in [6, 6.07) is 6.26. The van der Waals surface area contributed by atoms with Gasteiger partial charge >= 0.3 is 0 Å². The second kappa shape index (κ2) is 9.45. The van der Waals surface area contributed by atoms with Gasteiger partial charge < -0.3 is 9.64 Å². The third kappa shape index (κ3) is 5.06. The van der Waals surface area contributed by atoms with Crippen molar-refractivity contribution >= 4 is 42.8 Å². The molecule has 3 rings (SSSR count). The van der Waals surface area contributed by atoms with Crippen molar-refractivity contribution < 1.29 is 21.6 Å². The summed E-state index contributed by atoms with van der Waals surface area (Å²) >= 11 is 1.41. The Kier molecular flexibility index (Phi) is 7.32.